The van der Waals surface area contributed by atoms with E-state index in [0.29, 0.717) is 35.4 Å². The minimum atomic E-state index is -0.467. The first-order valence-electron chi connectivity index (χ1n) is 13.1. The first kappa shape index (κ1) is 25.8. The molecule has 1 aliphatic carbocycles. The van der Waals surface area contributed by atoms with E-state index in [9.17, 15) is 9.59 Å². The molecule has 6 heteroatoms. The lowest BCUT2D eigenvalue weighted by atomic mass is 9.75. The van der Waals surface area contributed by atoms with Gasteiger partial charge >= 0.3 is 5.97 Å². The maximum Gasteiger partial charge on any atom is 0.306 e. The molecule has 1 fully saturated rings. The van der Waals surface area contributed by atoms with E-state index in [-0.39, 0.29) is 24.3 Å². The SMILES string of the molecule is CC(C)[C@@H]1CC[C@@H](C)C[C@H]1OC(=O)C[C@H](C)C(=O)c1ccc2c(NCc3ccccc3)ncnc2c1. The molecule has 1 saturated carbocycles. The van der Waals surface area contributed by atoms with Crippen LogP contribution in [0.5, 0.6) is 0 Å². The molecule has 0 radical (unpaired) electrons. The van der Waals surface area contributed by atoms with Gasteiger partial charge in [-0.15, -0.1) is 0 Å². The Balaban J connectivity index is 1.40. The number of hydrogen-bond acceptors (Lipinski definition) is 6. The fourth-order valence-electron chi connectivity index (χ4n) is 5.23. The Kier molecular flexibility index (Phi) is 8.34. The van der Waals surface area contributed by atoms with Gasteiger partial charge in [-0.05, 0) is 48.3 Å². The van der Waals surface area contributed by atoms with Crippen LogP contribution >= 0.6 is 0 Å². The third kappa shape index (κ3) is 6.28. The van der Waals surface area contributed by atoms with Gasteiger partial charge in [-0.25, -0.2) is 9.97 Å². The number of hydrogen-bond donors (Lipinski definition) is 1. The van der Waals surface area contributed by atoms with Crippen LogP contribution in [0.25, 0.3) is 10.9 Å². The van der Waals surface area contributed by atoms with Crippen LogP contribution in [0, 0.1) is 23.7 Å². The standard InChI is InChI=1S/C30H37N3O3/c1-19(2)24-12-10-20(3)14-27(24)36-28(34)15-21(4)29(35)23-11-13-25-26(16-23)32-18-33-30(25)31-17-22-8-6-5-7-9-22/h5-9,11,13,16,18-21,24,27H,10,12,14-15,17H2,1-4H3,(H,31,32,33)/t20-,21+,24+,27-/m1/s1. The molecule has 190 valence electrons. The van der Waals surface area contributed by atoms with Crippen molar-refractivity contribution in [1.29, 1.82) is 0 Å². The molecule has 0 saturated heterocycles. The topological polar surface area (TPSA) is 81.2 Å². The average Bonchev–Trinajstić information content (AvgIpc) is 2.87. The number of anilines is 1. The van der Waals surface area contributed by atoms with E-state index in [4.69, 9.17) is 4.74 Å². The van der Waals surface area contributed by atoms with E-state index in [1.165, 1.54) is 12.7 Å². The number of ketones is 1. The van der Waals surface area contributed by atoms with Crippen LogP contribution in [-0.2, 0) is 16.1 Å². The molecule has 1 heterocycles. The highest BCUT2D eigenvalue weighted by Gasteiger charge is 2.34. The van der Waals surface area contributed by atoms with Gasteiger partial charge in [0.05, 0.1) is 11.9 Å². The number of esters is 1. The Morgan fingerprint density at radius 3 is 2.58 bits per heavy atom. The Hall–Kier alpha value is -3.28. The second-order valence-electron chi connectivity index (χ2n) is 10.6. The number of benzene rings is 2. The monoisotopic (exact) mass is 487 g/mol. The van der Waals surface area contributed by atoms with Crippen molar-refractivity contribution in [3.05, 3.63) is 66.0 Å². The van der Waals surface area contributed by atoms with Gasteiger partial charge in [0.1, 0.15) is 18.2 Å². The minimum absolute atomic E-state index is 0.0530. The molecule has 36 heavy (non-hydrogen) atoms. The number of nitrogens with zero attached hydrogens (tertiary/aromatic N) is 2. The number of aromatic nitrogens is 2. The summed E-state index contributed by atoms with van der Waals surface area (Å²) in [5, 5.41) is 4.21. The zero-order valence-electron chi connectivity index (χ0n) is 21.7. The lowest BCUT2D eigenvalue weighted by molar-refractivity contribution is -0.156. The van der Waals surface area contributed by atoms with Crippen LogP contribution in [0.1, 0.15) is 69.3 Å². The Morgan fingerprint density at radius 2 is 1.83 bits per heavy atom. The van der Waals surface area contributed by atoms with Crippen molar-refractivity contribution < 1.29 is 14.3 Å². The van der Waals surface area contributed by atoms with E-state index in [0.717, 1.165) is 29.6 Å². The van der Waals surface area contributed by atoms with Crippen molar-refractivity contribution in [1.82, 2.24) is 9.97 Å². The van der Waals surface area contributed by atoms with E-state index in [1.807, 2.05) is 24.3 Å². The first-order chi connectivity index (χ1) is 17.3. The van der Waals surface area contributed by atoms with Crippen LogP contribution in [0.15, 0.2) is 54.9 Å². The first-order valence-corrected chi connectivity index (χ1v) is 13.1. The second kappa shape index (κ2) is 11.6. The highest BCUT2D eigenvalue weighted by atomic mass is 16.5. The third-order valence-electron chi connectivity index (χ3n) is 7.39. The summed E-state index contributed by atoms with van der Waals surface area (Å²) in [5.74, 6) is 1.32. The fourth-order valence-corrected chi connectivity index (χ4v) is 5.23. The molecule has 1 N–H and O–H groups in total. The maximum atomic E-state index is 13.2. The van der Waals surface area contributed by atoms with Gasteiger partial charge in [0.25, 0.3) is 0 Å². The number of rotatable bonds is 9. The predicted molar refractivity (Wildman–Crippen MR) is 143 cm³/mol. The second-order valence-corrected chi connectivity index (χ2v) is 10.6. The molecule has 2 aromatic carbocycles. The van der Waals surface area contributed by atoms with E-state index in [1.54, 1.807) is 19.1 Å². The number of ether oxygens (including phenoxy) is 1. The summed E-state index contributed by atoms with van der Waals surface area (Å²) in [6.45, 7) is 9.04. The molecule has 0 unspecified atom stereocenters. The Labute approximate surface area is 213 Å². The van der Waals surface area contributed by atoms with Crippen molar-refractivity contribution in [2.24, 2.45) is 23.7 Å². The molecular formula is C30H37N3O3. The van der Waals surface area contributed by atoms with Gasteiger partial charge < -0.3 is 10.1 Å². The van der Waals surface area contributed by atoms with Crippen molar-refractivity contribution in [2.45, 2.75) is 66.0 Å². The highest BCUT2D eigenvalue weighted by Crippen LogP contribution is 2.35. The largest absolute Gasteiger partial charge is 0.462 e. The van der Waals surface area contributed by atoms with Crippen LogP contribution in [-0.4, -0.2) is 27.8 Å². The molecule has 0 aliphatic heterocycles. The molecule has 4 atom stereocenters. The molecule has 1 aromatic heterocycles. The fraction of sp³-hybridized carbons (Fsp3) is 0.467. The summed E-state index contributed by atoms with van der Waals surface area (Å²) >= 11 is 0. The van der Waals surface area contributed by atoms with Crippen LogP contribution in [0.2, 0.25) is 0 Å². The number of nitrogens with one attached hydrogen (secondary N) is 1. The number of Topliss-reactive ketones (excluding diaryl/α,β-unsaturated/α-hetero) is 1. The van der Waals surface area contributed by atoms with Crippen molar-refractivity contribution >= 4 is 28.5 Å². The summed E-state index contributed by atoms with van der Waals surface area (Å²) in [7, 11) is 0. The number of carbonyl (C=O) groups is 2. The smallest absolute Gasteiger partial charge is 0.306 e. The predicted octanol–water partition coefficient (Wildman–Crippen LogP) is 6.45. The summed E-state index contributed by atoms with van der Waals surface area (Å²) in [5.41, 5.74) is 2.39. The van der Waals surface area contributed by atoms with Crippen molar-refractivity contribution in [2.75, 3.05) is 5.32 Å². The molecule has 0 bridgehead atoms. The summed E-state index contributed by atoms with van der Waals surface area (Å²) in [6, 6.07) is 15.5. The quantitative estimate of drug-likeness (QED) is 0.276. The van der Waals surface area contributed by atoms with Crippen LogP contribution in [0.4, 0.5) is 5.82 Å². The van der Waals surface area contributed by atoms with Gasteiger partial charge in [-0.3, -0.25) is 9.59 Å². The zero-order valence-corrected chi connectivity index (χ0v) is 21.7. The van der Waals surface area contributed by atoms with Gasteiger partial charge in [-0.1, -0.05) is 70.5 Å². The molecule has 6 nitrogen and oxygen atoms in total. The lowest BCUT2D eigenvalue weighted by Gasteiger charge is -2.36. The van der Waals surface area contributed by atoms with Crippen molar-refractivity contribution in [3.63, 3.8) is 0 Å². The van der Waals surface area contributed by atoms with Gasteiger partial charge in [0.15, 0.2) is 5.78 Å². The third-order valence-corrected chi connectivity index (χ3v) is 7.39. The number of carbonyl (C=O) groups excluding carboxylic acids is 2. The van der Waals surface area contributed by atoms with E-state index in [2.05, 4.69) is 48.2 Å². The van der Waals surface area contributed by atoms with E-state index < -0.39 is 5.92 Å². The minimum Gasteiger partial charge on any atom is -0.462 e. The molecule has 1 aliphatic rings. The molecular weight excluding hydrogens is 450 g/mol. The van der Waals surface area contributed by atoms with Gasteiger partial charge in [-0.2, -0.15) is 0 Å². The molecule has 4 rings (SSSR count). The van der Waals surface area contributed by atoms with Crippen molar-refractivity contribution in [3.8, 4) is 0 Å². The van der Waals surface area contributed by atoms with Crippen LogP contribution in [0.3, 0.4) is 0 Å². The Morgan fingerprint density at radius 1 is 1.06 bits per heavy atom. The lowest BCUT2D eigenvalue weighted by Crippen LogP contribution is -2.36. The van der Waals surface area contributed by atoms with Crippen LogP contribution < -0.4 is 5.32 Å². The highest BCUT2D eigenvalue weighted by molar-refractivity contribution is 6.02. The summed E-state index contributed by atoms with van der Waals surface area (Å²) < 4.78 is 5.92. The van der Waals surface area contributed by atoms with Gasteiger partial charge in [0.2, 0.25) is 0 Å². The van der Waals surface area contributed by atoms with Gasteiger partial charge in [0, 0.05) is 23.4 Å². The molecule has 0 spiro atoms. The van der Waals surface area contributed by atoms with E-state index >= 15 is 0 Å². The average molecular weight is 488 g/mol. The zero-order chi connectivity index (χ0) is 25.7. The Bertz CT molecular complexity index is 1190. The summed E-state index contributed by atoms with van der Waals surface area (Å²) in [4.78, 5) is 34.7. The summed E-state index contributed by atoms with van der Waals surface area (Å²) in [6.07, 6.45) is 4.71. The number of fused-ring (bicyclic) bond motifs is 1. The molecule has 3 aromatic rings. The molecule has 0 amide bonds. The normalized spacial score (nSPS) is 20.8. The maximum absolute atomic E-state index is 13.2.